The number of hydrogen-bond donors (Lipinski definition) is 0. The molecule has 0 amide bonds. The maximum absolute atomic E-state index is 2.18. The second-order valence-electron chi connectivity index (χ2n) is 3.63. The molecule has 17 heavy (non-hydrogen) atoms. The number of hydrogen-bond acceptors (Lipinski definition) is 3. The third-order valence-corrected chi connectivity index (χ3v) is 6.62. The van der Waals surface area contributed by atoms with Crippen LogP contribution in [0.5, 0.6) is 0 Å². The first-order chi connectivity index (χ1) is 8.45. The lowest BCUT2D eigenvalue weighted by molar-refractivity contribution is 1.63. The third-order valence-electron chi connectivity index (χ3n) is 2.51. The van der Waals surface area contributed by atoms with Crippen LogP contribution in [0.25, 0.3) is 9.81 Å². The minimum Gasteiger partial charge on any atom is -0.0622 e. The number of benzene rings is 2. The molecule has 1 aliphatic heterocycles. The summed E-state index contributed by atoms with van der Waals surface area (Å²) >= 11 is 0. The van der Waals surface area contributed by atoms with E-state index in [-0.39, 0.29) is 0 Å². The maximum atomic E-state index is 2.18. The van der Waals surface area contributed by atoms with Crippen molar-refractivity contribution in [2.75, 3.05) is 0 Å². The van der Waals surface area contributed by atoms with Gasteiger partial charge in [-0.3, -0.25) is 0 Å². The lowest BCUT2D eigenvalue weighted by atomic mass is 10.1. The molecule has 2 aromatic carbocycles. The van der Waals surface area contributed by atoms with Crippen LogP contribution in [0, 0.1) is 0 Å². The van der Waals surface area contributed by atoms with Crippen LogP contribution < -0.4 is 0 Å². The van der Waals surface area contributed by atoms with E-state index < -0.39 is 0 Å². The molecular weight excluding hydrogens is 264 g/mol. The van der Waals surface area contributed by atoms with Crippen LogP contribution in [0.3, 0.4) is 0 Å². The van der Waals surface area contributed by atoms with Crippen molar-refractivity contribution in [1.82, 2.24) is 0 Å². The first kappa shape index (κ1) is 11.3. The fourth-order valence-electron chi connectivity index (χ4n) is 1.70. The Morgan fingerprint density at radius 1 is 0.529 bits per heavy atom. The van der Waals surface area contributed by atoms with Crippen LogP contribution in [-0.2, 0) is 0 Å². The summed E-state index contributed by atoms with van der Waals surface area (Å²) in [6.45, 7) is 0. The lowest BCUT2D eigenvalue weighted by Gasteiger charge is -2.04. The van der Waals surface area contributed by atoms with Gasteiger partial charge in [0.05, 0.1) is 0 Å². The van der Waals surface area contributed by atoms with Crippen LogP contribution in [0.1, 0.15) is 11.1 Å². The van der Waals surface area contributed by atoms with Crippen LogP contribution >= 0.6 is 31.4 Å². The van der Waals surface area contributed by atoms with Crippen molar-refractivity contribution in [3.63, 3.8) is 0 Å². The van der Waals surface area contributed by atoms with Gasteiger partial charge in [-0.1, -0.05) is 60.7 Å². The van der Waals surface area contributed by atoms with Gasteiger partial charge in [0.1, 0.15) is 0 Å². The Morgan fingerprint density at radius 2 is 0.941 bits per heavy atom. The van der Waals surface area contributed by atoms with Gasteiger partial charge < -0.3 is 0 Å². The Balaban J connectivity index is 2.08. The minimum atomic E-state index is 1.31. The highest BCUT2D eigenvalue weighted by Gasteiger charge is 2.19. The highest BCUT2D eigenvalue weighted by Crippen LogP contribution is 2.61. The van der Waals surface area contributed by atoms with Crippen molar-refractivity contribution < 1.29 is 0 Å². The highest BCUT2D eigenvalue weighted by atomic mass is 33.5. The Bertz CT molecular complexity index is 482. The van der Waals surface area contributed by atoms with Gasteiger partial charge >= 0.3 is 0 Å². The van der Waals surface area contributed by atoms with Gasteiger partial charge in [-0.2, -0.15) is 0 Å². The Labute approximate surface area is 113 Å². The molecule has 84 valence electrons. The van der Waals surface area contributed by atoms with Crippen LogP contribution in [0.4, 0.5) is 0 Å². The van der Waals surface area contributed by atoms with Crippen molar-refractivity contribution in [3.05, 3.63) is 71.8 Å². The molecule has 0 radical (unpaired) electrons. The summed E-state index contributed by atoms with van der Waals surface area (Å²) in [5.41, 5.74) is 2.63. The molecule has 0 aliphatic carbocycles. The third kappa shape index (κ3) is 2.41. The molecule has 0 aromatic heterocycles. The molecule has 0 unspecified atom stereocenters. The molecule has 0 nitrogen and oxygen atoms in total. The molecule has 3 rings (SSSR count). The van der Waals surface area contributed by atoms with Crippen molar-refractivity contribution >= 4 is 41.2 Å². The predicted octanol–water partition coefficient (Wildman–Crippen LogP) is 5.56. The van der Waals surface area contributed by atoms with E-state index in [1.807, 2.05) is 31.4 Å². The van der Waals surface area contributed by atoms with Gasteiger partial charge in [0.2, 0.25) is 0 Å². The first-order valence-electron chi connectivity index (χ1n) is 5.31. The van der Waals surface area contributed by atoms with Gasteiger partial charge in [-0.15, -0.1) is 0 Å². The summed E-state index contributed by atoms with van der Waals surface area (Å²) in [4.78, 5) is 2.76. The highest BCUT2D eigenvalue weighted by molar-refractivity contribution is 9.14. The van der Waals surface area contributed by atoms with E-state index >= 15 is 0 Å². The van der Waals surface area contributed by atoms with E-state index in [0.717, 1.165) is 0 Å². The van der Waals surface area contributed by atoms with E-state index in [4.69, 9.17) is 0 Å². The molecule has 3 heteroatoms. The molecule has 0 saturated carbocycles. The monoisotopic (exact) mass is 274 g/mol. The van der Waals surface area contributed by atoms with E-state index in [1.54, 1.807) is 0 Å². The van der Waals surface area contributed by atoms with Crippen molar-refractivity contribution in [3.8, 4) is 0 Å². The molecular formula is C14H10S3. The Hall–Kier alpha value is -0.770. The second kappa shape index (κ2) is 5.25. The normalized spacial score (nSPS) is 15.3. The van der Waals surface area contributed by atoms with Crippen molar-refractivity contribution in [1.29, 1.82) is 0 Å². The zero-order chi connectivity index (χ0) is 11.5. The zero-order valence-electron chi connectivity index (χ0n) is 9.00. The standard InChI is InChI=1S/C14H10S3/c1-3-7-11(8-4-1)13-14(16-17-15-13)12-9-5-2-6-10-12/h1-10H. The Morgan fingerprint density at radius 3 is 1.35 bits per heavy atom. The average Bonchev–Trinajstić information content (AvgIpc) is 2.90. The van der Waals surface area contributed by atoms with E-state index in [2.05, 4.69) is 60.7 Å². The SMILES string of the molecule is c1ccc(C2=C(c3ccccc3)SSS2)cc1. The summed E-state index contributed by atoms with van der Waals surface area (Å²) < 4.78 is 0. The van der Waals surface area contributed by atoms with Crippen LogP contribution in [0.15, 0.2) is 60.7 Å². The van der Waals surface area contributed by atoms with Gasteiger partial charge in [0, 0.05) is 9.81 Å². The quantitative estimate of drug-likeness (QED) is 0.658. The minimum absolute atomic E-state index is 1.31. The van der Waals surface area contributed by atoms with Gasteiger partial charge in [-0.05, 0) is 42.5 Å². The molecule has 0 atom stereocenters. The summed E-state index contributed by atoms with van der Waals surface area (Å²) in [6.07, 6.45) is 0. The molecule has 0 N–H and O–H groups in total. The molecule has 1 aliphatic rings. The predicted molar refractivity (Wildman–Crippen MR) is 82.5 cm³/mol. The molecule has 1 heterocycles. The largest absolute Gasteiger partial charge is 0.0622 e. The maximum Gasteiger partial charge on any atom is 0.0414 e. The van der Waals surface area contributed by atoms with E-state index in [9.17, 15) is 0 Å². The molecule has 0 fully saturated rings. The topological polar surface area (TPSA) is 0 Å². The lowest BCUT2D eigenvalue weighted by Crippen LogP contribution is -1.81. The van der Waals surface area contributed by atoms with Crippen LogP contribution in [0.2, 0.25) is 0 Å². The fourth-order valence-corrected chi connectivity index (χ4v) is 6.41. The van der Waals surface area contributed by atoms with Crippen LogP contribution in [-0.4, -0.2) is 0 Å². The van der Waals surface area contributed by atoms with Crippen molar-refractivity contribution in [2.45, 2.75) is 0 Å². The Kier molecular flexibility index (Phi) is 3.50. The fraction of sp³-hybridized carbons (Fsp3) is 0. The van der Waals surface area contributed by atoms with E-state index in [1.165, 1.54) is 20.9 Å². The summed E-state index contributed by atoms with van der Waals surface area (Å²) in [5, 5.41) is 0. The zero-order valence-corrected chi connectivity index (χ0v) is 11.4. The smallest absolute Gasteiger partial charge is 0.0414 e. The number of rotatable bonds is 2. The second-order valence-corrected chi connectivity index (χ2v) is 7.54. The van der Waals surface area contributed by atoms with Crippen molar-refractivity contribution in [2.24, 2.45) is 0 Å². The van der Waals surface area contributed by atoms with Gasteiger partial charge in [0.25, 0.3) is 0 Å². The average molecular weight is 274 g/mol. The molecule has 0 spiro atoms. The summed E-state index contributed by atoms with van der Waals surface area (Å²) in [6, 6.07) is 21.2. The molecule has 2 aromatic rings. The molecule has 0 bridgehead atoms. The summed E-state index contributed by atoms with van der Waals surface area (Å²) in [5.74, 6) is 0. The van der Waals surface area contributed by atoms with Gasteiger partial charge in [-0.25, -0.2) is 0 Å². The summed E-state index contributed by atoms with van der Waals surface area (Å²) in [7, 11) is 5.55. The van der Waals surface area contributed by atoms with E-state index in [0.29, 0.717) is 0 Å². The van der Waals surface area contributed by atoms with Gasteiger partial charge in [0.15, 0.2) is 0 Å². The molecule has 0 saturated heterocycles. The first-order valence-corrected chi connectivity index (χ1v) is 8.80.